The van der Waals surface area contributed by atoms with Crippen molar-refractivity contribution in [1.29, 1.82) is 0 Å². The predicted molar refractivity (Wildman–Crippen MR) is 113 cm³/mol. The fraction of sp³-hybridized carbons (Fsp3) is 0.208. The maximum absolute atomic E-state index is 12.7. The van der Waals surface area contributed by atoms with Gasteiger partial charge in [0.2, 0.25) is 0 Å². The maximum atomic E-state index is 12.7. The zero-order valence-electron chi connectivity index (χ0n) is 16.9. The lowest BCUT2D eigenvalue weighted by atomic mass is 10.1. The first-order valence-corrected chi connectivity index (χ1v) is 9.34. The van der Waals surface area contributed by atoms with Gasteiger partial charge >= 0.3 is 0 Å². The lowest BCUT2D eigenvalue weighted by Gasteiger charge is -2.19. The van der Waals surface area contributed by atoms with Gasteiger partial charge in [0.25, 0.3) is 5.91 Å². The van der Waals surface area contributed by atoms with Crippen molar-refractivity contribution in [3.8, 4) is 17.2 Å². The molecule has 0 bridgehead atoms. The first-order valence-electron chi connectivity index (χ1n) is 9.34. The average Bonchev–Trinajstić information content (AvgIpc) is 2.78. The van der Waals surface area contributed by atoms with Gasteiger partial charge in [-0.25, -0.2) is 0 Å². The summed E-state index contributed by atoms with van der Waals surface area (Å²) in [6.07, 6.45) is 0. The molecule has 0 aliphatic rings. The Balaban J connectivity index is 1.66. The molecule has 3 aromatic rings. The van der Waals surface area contributed by atoms with E-state index in [1.54, 1.807) is 50.4 Å². The van der Waals surface area contributed by atoms with Crippen molar-refractivity contribution in [2.24, 2.45) is 0 Å². The summed E-state index contributed by atoms with van der Waals surface area (Å²) in [7, 11) is 4.99. The molecule has 0 heterocycles. The van der Waals surface area contributed by atoms with Gasteiger partial charge in [0.05, 0.1) is 14.2 Å². The van der Waals surface area contributed by atoms with E-state index >= 15 is 0 Å². The van der Waals surface area contributed by atoms with Crippen molar-refractivity contribution < 1.29 is 19.0 Å². The number of methoxy groups -OCH3 is 2. The first-order chi connectivity index (χ1) is 14.1. The van der Waals surface area contributed by atoms with Gasteiger partial charge in [-0.2, -0.15) is 0 Å². The highest BCUT2D eigenvalue weighted by Crippen LogP contribution is 2.29. The summed E-state index contributed by atoms with van der Waals surface area (Å²) >= 11 is 0. The number of hydrogen-bond donors (Lipinski definition) is 0. The Morgan fingerprint density at radius 3 is 2.21 bits per heavy atom. The Kier molecular flexibility index (Phi) is 6.74. The zero-order valence-corrected chi connectivity index (χ0v) is 16.9. The second kappa shape index (κ2) is 9.64. The standard InChI is InChI=1S/C24H25NO4/c1-25(24(26)20-10-12-21(27-2)13-11-20)16-19-9-14-22(23(15-19)28-3)29-17-18-7-5-4-6-8-18/h4-15H,16-17H2,1-3H3. The molecular formula is C24H25NO4. The van der Waals surface area contributed by atoms with E-state index in [2.05, 4.69) is 0 Å². The van der Waals surface area contributed by atoms with Crippen molar-refractivity contribution >= 4 is 5.91 Å². The van der Waals surface area contributed by atoms with Crippen molar-refractivity contribution in [2.45, 2.75) is 13.2 Å². The van der Waals surface area contributed by atoms with Gasteiger partial charge in [-0.05, 0) is 47.5 Å². The van der Waals surface area contributed by atoms with Gasteiger partial charge in [-0.3, -0.25) is 4.79 Å². The third-order valence-electron chi connectivity index (χ3n) is 4.57. The SMILES string of the molecule is COc1ccc(C(=O)N(C)Cc2ccc(OCc3ccccc3)c(OC)c2)cc1. The molecule has 3 rings (SSSR count). The minimum Gasteiger partial charge on any atom is -0.497 e. The van der Waals surface area contributed by atoms with Crippen LogP contribution in [0.4, 0.5) is 0 Å². The predicted octanol–water partition coefficient (Wildman–Crippen LogP) is 4.56. The number of carbonyl (C=O) groups excluding carboxylic acids is 1. The molecule has 0 atom stereocenters. The van der Waals surface area contributed by atoms with Crippen LogP contribution in [0.1, 0.15) is 21.5 Å². The Morgan fingerprint density at radius 2 is 1.55 bits per heavy atom. The lowest BCUT2D eigenvalue weighted by molar-refractivity contribution is 0.0785. The molecule has 1 amide bonds. The molecule has 0 saturated carbocycles. The Morgan fingerprint density at radius 1 is 0.828 bits per heavy atom. The highest BCUT2D eigenvalue weighted by Gasteiger charge is 2.14. The molecule has 5 heteroatoms. The molecule has 5 nitrogen and oxygen atoms in total. The Bertz CT molecular complexity index is 939. The summed E-state index contributed by atoms with van der Waals surface area (Å²) in [5.74, 6) is 1.98. The monoisotopic (exact) mass is 391 g/mol. The summed E-state index contributed by atoms with van der Waals surface area (Å²) in [6.45, 7) is 0.923. The molecule has 0 aromatic heterocycles. The summed E-state index contributed by atoms with van der Waals surface area (Å²) in [5.41, 5.74) is 2.66. The van der Waals surface area contributed by atoms with E-state index < -0.39 is 0 Å². The van der Waals surface area contributed by atoms with E-state index in [0.717, 1.165) is 16.9 Å². The van der Waals surface area contributed by atoms with Crippen LogP contribution < -0.4 is 14.2 Å². The molecule has 0 N–H and O–H groups in total. The van der Waals surface area contributed by atoms with Crippen molar-refractivity contribution in [1.82, 2.24) is 4.90 Å². The summed E-state index contributed by atoms with van der Waals surface area (Å²) in [5, 5.41) is 0. The van der Waals surface area contributed by atoms with Gasteiger partial charge < -0.3 is 19.1 Å². The average molecular weight is 391 g/mol. The van der Waals surface area contributed by atoms with Crippen LogP contribution in [0.3, 0.4) is 0 Å². The zero-order chi connectivity index (χ0) is 20.6. The largest absolute Gasteiger partial charge is 0.497 e. The smallest absolute Gasteiger partial charge is 0.253 e. The van der Waals surface area contributed by atoms with E-state index in [4.69, 9.17) is 14.2 Å². The number of carbonyl (C=O) groups is 1. The molecule has 150 valence electrons. The van der Waals surface area contributed by atoms with Crippen LogP contribution in [-0.4, -0.2) is 32.1 Å². The molecule has 0 saturated heterocycles. The van der Waals surface area contributed by atoms with Crippen LogP contribution >= 0.6 is 0 Å². The van der Waals surface area contributed by atoms with Crippen LogP contribution in [-0.2, 0) is 13.2 Å². The molecular weight excluding hydrogens is 366 g/mol. The van der Waals surface area contributed by atoms with E-state index in [1.165, 1.54) is 0 Å². The highest BCUT2D eigenvalue weighted by atomic mass is 16.5. The third kappa shape index (κ3) is 5.29. The fourth-order valence-corrected chi connectivity index (χ4v) is 2.96. The summed E-state index contributed by atoms with van der Waals surface area (Å²) in [6, 6.07) is 22.8. The van der Waals surface area contributed by atoms with Crippen molar-refractivity contribution in [3.05, 3.63) is 89.5 Å². The molecule has 0 fully saturated rings. The van der Waals surface area contributed by atoms with Gasteiger partial charge in [0.15, 0.2) is 11.5 Å². The van der Waals surface area contributed by atoms with Gasteiger partial charge in [0.1, 0.15) is 12.4 Å². The van der Waals surface area contributed by atoms with Crippen LogP contribution in [0, 0.1) is 0 Å². The lowest BCUT2D eigenvalue weighted by Crippen LogP contribution is -2.26. The molecule has 0 unspecified atom stereocenters. The molecule has 0 radical (unpaired) electrons. The van der Waals surface area contributed by atoms with E-state index in [9.17, 15) is 4.79 Å². The van der Waals surface area contributed by atoms with E-state index in [-0.39, 0.29) is 5.91 Å². The van der Waals surface area contributed by atoms with Crippen molar-refractivity contribution in [3.63, 3.8) is 0 Å². The number of nitrogens with zero attached hydrogens (tertiary/aromatic N) is 1. The Labute approximate surface area is 171 Å². The van der Waals surface area contributed by atoms with Gasteiger partial charge in [-0.1, -0.05) is 36.4 Å². The maximum Gasteiger partial charge on any atom is 0.253 e. The molecule has 0 spiro atoms. The highest BCUT2D eigenvalue weighted by molar-refractivity contribution is 5.94. The minimum absolute atomic E-state index is 0.0592. The van der Waals surface area contributed by atoms with Crippen LogP contribution in [0.2, 0.25) is 0 Å². The normalized spacial score (nSPS) is 10.3. The van der Waals surface area contributed by atoms with E-state index in [1.807, 2.05) is 48.5 Å². The topological polar surface area (TPSA) is 48.0 Å². The Hall–Kier alpha value is -3.47. The van der Waals surface area contributed by atoms with E-state index in [0.29, 0.717) is 30.2 Å². The van der Waals surface area contributed by atoms with Crippen LogP contribution in [0.5, 0.6) is 17.2 Å². The number of benzene rings is 3. The van der Waals surface area contributed by atoms with Gasteiger partial charge in [-0.15, -0.1) is 0 Å². The second-order valence-corrected chi connectivity index (χ2v) is 6.65. The minimum atomic E-state index is -0.0592. The molecule has 0 aliphatic heterocycles. The fourth-order valence-electron chi connectivity index (χ4n) is 2.96. The summed E-state index contributed by atoms with van der Waals surface area (Å²) < 4.78 is 16.5. The van der Waals surface area contributed by atoms with Crippen LogP contribution in [0.15, 0.2) is 72.8 Å². The molecule has 0 aliphatic carbocycles. The molecule has 3 aromatic carbocycles. The number of rotatable bonds is 8. The quantitative estimate of drug-likeness (QED) is 0.565. The van der Waals surface area contributed by atoms with Gasteiger partial charge in [0, 0.05) is 19.2 Å². The summed E-state index contributed by atoms with van der Waals surface area (Å²) in [4.78, 5) is 14.3. The number of hydrogen-bond acceptors (Lipinski definition) is 4. The number of ether oxygens (including phenoxy) is 3. The first kappa shape index (κ1) is 20.3. The second-order valence-electron chi connectivity index (χ2n) is 6.65. The van der Waals surface area contributed by atoms with Crippen LogP contribution in [0.25, 0.3) is 0 Å². The molecule has 29 heavy (non-hydrogen) atoms. The third-order valence-corrected chi connectivity index (χ3v) is 4.57. The van der Waals surface area contributed by atoms with Crippen molar-refractivity contribution in [2.75, 3.05) is 21.3 Å². The number of amides is 1.